The average molecular weight is 337 g/mol. The Hall–Kier alpha value is -2.40. The Balaban J connectivity index is 1.74. The van der Waals surface area contributed by atoms with Crippen LogP contribution < -0.4 is 4.90 Å². The SMILES string of the molecule is CC(C)(C)c1nc(CN2C[C@H](O)Cc3ccc4ccccc4c32)no1. The Morgan fingerprint density at radius 2 is 2.00 bits per heavy atom. The second-order valence-electron chi connectivity index (χ2n) is 7.80. The van der Waals surface area contributed by atoms with Crippen molar-refractivity contribution < 1.29 is 9.63 Å². The second-order valence-corrected chi connectivity index (χ2v) is 7.80. The van der Waals surface area contributed by atoms with Gasteiger partial charge in [0, 0.05) is 29.5 Å². The molecule has 1 atom stereocenters. The standard InChI is InChI=1S/C20H23N3O2/c1-20(2,3)19-21-17(22-25-19)12-23-11-15(24)10-14-9-8-13-6-4-5-7-16(13)18(14)23/h4-9,15,24H,10-12H2,1-3H3/t15-/m1/s1. The summed E-state index contributed by atoms with van der Waals surface area (Å²) in [6.45, 7) is 7.26. The maximum Gasteiger partial charge on any atom is 0.232 e. The van der Waals surface area contributed by atoms with Crippen LogP contribution in [0.5, 0.6) is 0 Å². The van der Waals surface area contributed by atoms with E-state index < -0.39 is 0 Å². The van der Waals surface area contributed by atoms with Gasteiger partial charge >= 0.3 is 0 Å². The lowest BCUT2D eigenvalue weighted by Crippen LogP contribution is -2.38. The van der Waals surface area contributed by atoms with E-state index in [1.807, 2.05) is 6.07 Å². The lowest BCUT2D eigenvalue weighted by Gasteiger charge is -2.34. The van der Waals surface area contributed by atoms with Crippen LogP contribution in [0.25, 0.3) is 10.8 Å². The van der Waals surface area contributed by atoms with Gasteiger partial charge in [-0.15, -0.1) is 0 Å². The summed E-state index contributed by atoms with van der Waals surface area (Å²) in [6, 6.07) is 12.6. The van der Waals surface area contributed by atoms with Crippen molar-refractivity contribution in [3.05, 3.63) is 53.7 Å². The first kappa shape index (κ1) is 16.1. The lowest BCUT2D eigenvalue weighted by molar-refractivity contribution is 0.174. The van der Waals surface area contributed by atoms with Gasteiger partial charge in [-0.2, -0.15) is 4.98 Å². The first-order chi connectivity index (χ1) is 11.9. The van der Waals surface area contributed by atoms with Crippen molar-refractivity contribution in [2.24, 2.45) is 0 Å². The van der Waals surface area contributed by atoms with Crippen LogP contribution in [0.1, 0.15) is 38.0 Å². The van der Waals surface area contributed by atoms with E-state index >= 15 is 0 Å². The molecule has 0 radical (unpaired) electrons. The first-order valence-corrected chi connectivity index (χ1v) is 8.68. The second kappa shape index (κ2) is 5.85. The number of benzene rings is 2. The zero-order valence-electron chi connectivity index (χ0n) is 14.9. The highest BCUT2D eigenvalue weighted by atomic mass is 16.5. The fourth-order valence-corrected chi connectivity index (χ4v) is 3.44. The van der Waals surface area contributed by atoms with Crippen LogP contribution >= 0.6 is 0 Å². The van der Waals surface area contributed by atoms with E-state index in [4.69, 9.17) is 4.52 Å². The number of hydrogen-bond donors (Lipinski definition) is 1. The number of hydrogen-bond acceptors (Lipinski definition) is 5. The summed E-state index contributed by atoms with van der Waals surface area (Å²) in [6.07, 6.45) is 0.290. The van der Waals surface area contributed by atoms with Gasteiger partial charge in [-0.1, -0.05) is 62.3 Å². The number of anilines is 1. The quantitative estimate of drug-likeness (QED) is 0.776. The summed E-state index contributed by atoms with van der Waals surface area (Å²) in [5, 5.41) is 16.9. The molecule has 0 amide bonds. The molecule has 3 aromatic rings. The molecular weight excluding hydrogens is 314 g/mol. The van der Waals surface area contributed by atoms with Crippen molar-refractivity contribution >= 4 is 16.5 Å². The van der Waals surface area contributed by atoms with E-state index in [0.29, 0.717) is 31.2 Å². The molecule has 25 heavy (non-hydrogen) atoms. The lowest BCUT2D eigenvalue weighted by atomic mass is 9.95. The van der Waals surface area contributed by atoms with E-state index in [1.165, 1.54) is 16.5 Å². The topological polar surface area (TPSA) is 62.4 Å². The number of β-amino-alcohol motifs (C(OH)–C–C–N with tert-alkyl or cyclic N) is 1. The summed E-state index contributed by atoms with van der Waals surface area (Å²) >= 11 is 0. The molecule has 0 unspecified atom stereocenters. The van der Waals surface area contributed by atoms with Crippen LogP contribution in [-0.2, 0) is 18.4 Å². The number of aliphatic hydroxyl groups excluding tert-OH is 1. The van der Waals surface area contributed by atoms with Crippen molar-refractivity contribution in [3.63, 3.8) is 0 Å². The summed E-state index contributed by atoms with van der Waals surface area (Å²) in [5.74, 6) is 1.29. The molecule has 2 aromatic carbocycles. The fourth-order valence-electron chi connectivity index (χ4n) is 3.44. The van der Waals surface area contributed by atoms with E-state index in [1.54, 1.807) is 0 Å². The number of aliphatic hydroxyl groups is 1. The number of rotatable bonds is 2. The molecule has 0 bridgehead atoms. The van der Waals surface area contributed by atoms with Crippen LogP contribution in [-0.4, -0.2) is 27.9 Å². The molecule has 4 rings (SSSR count). The molecule has 0 spiro atoms. The minimum absolute atomic E-state index is 0.169. The summed E-state index contributed by atoms with van der Waals surface area (Å²) < 4.78 is 5.42. The molecular formula is C20H23N3O2. The first-order valence-electron chi connectivity index (χ1n) is 8.68. The molecule has 2 heterocycles. The third-order valence-electron chi connectivity index (χ3n) is 4.63. The predicted octanol–water partition coefficient (Wildman–Crippen LogP) is 3.44. The van der Waals surface area contributed by atoms with Crippen LogP contribution in [0.15, 0.2) is 40.9 Å². The Kier molecular flexibility index (Phi) is 3.76. The minimum atomic E-state index is -0.386. The maximum absolute atomic E-state index is 10.3. The fraction of sp³-hybridized carbons (Fsp3) is 0.400. The molecule has 0 saturated carbocycles. The van der Waals surface area contributed by atoms with E-state index in [2.05, 4.69) is 66.1 Å². The highest BCUT2D eigenvalue weighted by Gasteiger charge is 2.27. The van der Waals surface area contributed by atoms with Gasteiger partial charge in [-0.3, -0.25) is 0 Å². The third kappa shape index (κ3) is 3.00. The predicted molar refractivity (Wildman–Crippen MR) is 97.7 cm³/mol. The summed E-state index contributed by atoms with van der Waals surface area (Å²) in [4.78, 5) is 6.72. The Bertz CT molecular complexity index is 911. The highest BCUT2D eigenvalue weighted by molar-refractivity contribution is 5.96. The average Bonchev–Trinajstić information content (AvgIpc) is 3.03. The number of aromatic nitrogens is 2. The molecule has 1 aliphatic heterocycles. The van der Waals surface area contributed by atoms with Crippen LogP contribution in [0.3, 0.4) is 0 Å². The molecule has 5 nitrogen and oxygen atoms in total. The van der Waals surface area contributed by atoms with E-state index in [-0.39, 0.29) is 11.5 Å². The van der Waals surface area contributed by atoms with Crippen molar-refractivity contribution in [3.8, 4) is 0 Å². The molecule has 5 heteroatoms. The monoisotopic (exact) mass is 337 g/mol. The zero-order chi connectivity index (χ0) is 17.6. The van der Waals surface area contributed by atoms with Crippen LogP contribution in [0, 0.1) is 0 Å². The van der Waals surface area contributed by atoms with Gasteiger partial charge in [0.2, 0.25) is 5.89 Å². The Labute approximate surface area is 147 Å². The molecule has 1 aliphatic rings. The molecule has 1 N–H and O–H groups in total. The third-order valence-corrected chi connectivity index (χ3v) is 4.63. The van der Waals surface area contributed by atoms with Gasteiger partial charge in [0.25, 0.3) is 0 Å². The maximum atomic E-state index is 10.3. The van der Waals surface area contributed by atoms with Crippen molar-refractivity contribution in [1.29, 1.82) is 0 Å². The molecule has 1 aromatic heterocycles. The Morgan fingerprint density at radius 1 is 1.20 bits per heavy atom. The normalized spacial score (nSPS) is 17.8. The zero-order valence-corrected chi connectivity index (χ0v) is 14.9. The highest BCUT2D eigenvalue weighted by Crippen LogP contribution is 2.35. The minimum Gasteiger partial charge on any atom is -0.391 e. The van der Waals surface area contributed by atoms with Gasteiger partial charge in [0.05, 0.1) is 12.6 Å². The Morgan fingerprint density at radius 3 is 2.76 bits per heavy atom. The van der Waals surface area contributed by atoms with Gasteiger partial charge in [0.15, 0.2) is 5.82 Å². The number of fused-ring (bicyclic) bond motifs is 3. The van der Waals surface area contributed by atoms with Crippen molar-refractivity contribution in [2.75, 3.05) is 11.4 Å². The largest absolute Gasteiger partial charge is 0.391 e. The van der Waals surface area contributed by atoms with E-state index in [0.717, 1.165) is 5.56 Å². The van der Waals surface area contributed by atoms with Crippen LogP contribution in [0.2, 0.25) is 0 Å². The van der Waals surface area contributed by atoms with E-state index in [9.17, 15) is 5.11 Å². The molecule has 0 saturated heterocycles. The van der Waals surface area contributed by atoms with Crippen LogP contribution in [0.4, 0.5) is 5.69 Å². The summed E-state index contributed by atoms with van der Waals surface area (Å²) in [5.41, 5.74) is 2.17. The van der Waals surface area contributed by atoms with Gasteiger partial charge in [-0.25, -0.2) is 0 Å². The molecule has 0 aliphatic carbocycles. The molecule has 0 fully saturated rings. The van der Waals surface area contributed by atoms with Crippen molar-refractivity contribution in [1.82, 2.24) is 10.1 Å². The summed E-state index contributed by atoms with van der Waals surface area (Å²) in [7, 11) is 0. The smallest absolute Gasteiger partial charge is 0.232 e. The van der Waals surface area contributed by atoms with Crippen molar-refractivity contribution in [2.45, 2.75) is 45.3 Å². The molecule has 130 valence electrons. The van der Waals surface area contributed by atoms with Gasteiger partial charge in [-0.05, 0) is 10.9 Å². The van der Waals surface area contributed by atoms with Gasteiger partial charge < -0.3 is 14.5 Å². The van der Waals surface area contributed by atoms with Gasteiger partial charge in [0.1, 0.15) is 0 Å². The number of nitrogens with zero attached hydrogens (tertiary/aromatic N) is 3.